The third-order valence-electron chi connectivity index (χ3n) is 2.39. The number of rotatable bonds is 1. The number of hydrogen-bond donors (Lipinski definition) is 2. The van der Waals surface area contributed by atoms with E-state index in [2.05, 4.69) is 10.1 Å². The van der Waals surface area contributed by atoms with Gasteiger partial charge in [-0.1, -0.05) is 13.8 Å². The van der Waals surface area contributed by atoms with Crippen molar-refractivity contribution in [2.75, 3.05) is 0 Å². The number of aromatic hydroxyl groups is 1. The van der Waals surface area contributed by atoms with Crippen LogP contribution in [0.5, 0.6) is 5.75 Å². The molecule has 0 saturated carbocycles. The number of H-pyrrole nitrogens is 1. The summed E-state index contributed by atoms with van der Waals surface area (Å²) in [7, 11) is 1.74. The fraction of sp³-hybridized carbons (Fsp3) is 0.400. The fourth-order valence-corrected chi connectivity index (χ4v) is 1.69. The molecule has 0 unspecified atom stereocenters. The number of aromatic amines is 1. The molecule has 15 heavy (non-hydrogen) atoms. The lowest BCUT2D eigenvalue weighted by Gasteiger charge is -2.00. The lowest BCUT2D eigenvalue weighted by Crippen LogP contribution is -2.05. The third kappa shape index (κ3) is 1.40. The average molecular weight is 207 g/mol. The zero-order valence-corrected chi connectivity index (χ0v) is 8.90. The number of hydrogen-bond acceptors (Lipinski definition) is 3. The number of aryl methyl sites for hydroxylation is 1. The summed E-state index contributed by atoms with van der Waals surface area (Å²) in [4.78, 5) is 13.8. The van der Waals surface area contributed by atoms with E-state index >= 15 is 0 Å². The standard InChI is InChI=1S/C10H13N3O2/c1-5(2)9-8-6(14)4-7(15)11-10(8)13(3)12-9/h4-5H,1-3H3,(H2,11,14,15). The van der Waals surface area contributed by atoms with Gasteiger partial charge in [0.05, 0.1) is 11.1 Å². The van der Waals surface area contributed by atoms with Crippen LogP contribution in [0.25, 0.3) is 11.0 Å². The Morgan fingerprint density at radius 3 is 2.80 bits per heavy atom. The molecule has 2 aromatic heterocycles. The molecular weight excluding hydrogens is 194 g/mol. The smallest absolute Gasteiger partial charge is 0.253 e. The minimum Gasteiger partial charge on any atom is -0.507 e. The summed E-state index contributed by atoms with van der Waals surface area (Å²) in [6.45, 7) is 3.98. The van der Waals surface area contributed by atoms with E-state index in [0.717, 1.165) is 5.69 Å². The van der Waals surface area contributed by atoms with E-state index in [4.69, 9.17) is 0 Å². The van der Waals surface area contributed by atoms with Crippen molar-refractivity contribution in [1.29, 1.82) is 0 Å². The Morgan fingerprint density at radius 1 is 1.53 bits per heavy atom. The molecule has 80 valence electrons. The highest BCUT2D eigenvalue weighted by Gasteiger charge is 2.16. The van der Waals surface area contributed by atoms with Gasteiger partial charge in [0, 0.05) is 13.1 Å². The maximum atomic E-state index is 11.2. The van der Waals surface area contributed by atoms with Gasteiger partial charge in [-0.2, -0.15) is 5.10 Å². The van der Waals surface area contributed by atoms with E-state index in [9.17, 15) is 9.90 Å². The maximum absolute atomic E-state index is 11.2. The van der Waals surface area contributed by atoms with Gasteiger partial charge in [-0.3, -0.25) is 9.48 Å². The predicted molar refractivity (Wildman–Crippen MR) is 57.1 cm³/mol. The minimum atomic E-state index is -0.321. The molecule has 0 aliphatic carbocycles. The highest BCUT2D eigenvalue weighted by Crippen LogP contribution is 2.28. The van der Waals surface area contributed by atoms with Crippen LogP contribution >= 0.6 is 0 Å². The number of fused-ring (bicyclic) bond motifs is 1. The van der Waals surface area contributed by atoms with Crippen LogP contribution in [0.15, 0.2) is 10.9 Å². The Labute approximate surface area is 86.4 Å². The third-order valence-corrected chi connectivity index (χ3v) is 2.39. The van der Waals surface area contributed by atoms with Crippen molar-refractivity contribution in [3.8, 4) is 5.75 Å². The van der Waals surface area contributed by atoms with Crippen molar-refractivity contribution in [3.63, 3.8) is 0 Å². The van der Waals surface area contributed by atoms with Gasteiger partial charge in [-0.25, -0.2) is 0 Å². The van der Waals surface area contributed by atoms with Crippen molar-refractivity contribution < 1.29 is 5.11 Å². The van der Waals surface area contributed by atoms with Gasteiger partial charge in [0.25, 0.3) is 5.56 Å². The quantitative estimate of drug-likeness (QED) is 0.735. The van der Waals surface area contributed by atoms with E-state index < -0.39 is 0 Å². The zero-order chi connectivity index (χ0) is 11.2. The number of aromatic nitrogens is 3. The molecule has 5 nitrogen and oxygen atoms in total. The summed E-state index contributed by atoms with van der Waals surface area (Å²) in [5.41, 5.74) is 1.03. The summed E-state index contributed by atoms with van der Waals surface area (Å²) in [5.74, 6) is 0.191. The predicted octanol–water partition coefficient (Wildman–Crippen LogP) is 1.09. The molecular formula is C10H13N3O2. The normalized spacial score (nSPS) is 11.5. The molecule has 2 aromatic rings. The SMILES string of the molecule is CC(C)c1nn(C)c2[nH]c(=O)cc(O)c12. The second-order valence-electron chi connectivity index (χ2n) is 3.91. The van der Waals surface area contributed by atoms with Crippen LogP contribution in [0.3, 0.4) is 0 Å². The number of pyridine rings is 1. The van der Waals surface area contributed by atoms with Crippen LogP contribution in [-0.4, -0.2) is 19.9 Å². The Balaban J connectivity index is 2.93. The molecule has 0 aliphatic rings. The fourth-order valence-electron chi connectivity index (χ4n) is 1.69. The van der Waals surface area contributed by atoms with Gasteiger partial charge in [0.2, 0.25) is 0 Å². The van der Waals surface area contributed by atoms with E-state index in [1.165, 1.54) is 6.07 Å². The first kappa shape index (κ1) is 9.76. The van der Waals surface area contributed by atoms with E-state index in [1.807, 2.05) is 13.8 Å². The highest BCUT2D eigenvalue weighted by atomic mass is 16.3. The van der Waals surface area contributed by atoms with Crippen LogP contribution in [0.1, 0.15) is 25.5 Å². The summed E-state index contributed by atoms with van der Waals surface area (Å²) in [5, 5.41) is 14.6. The van der Waals surface area contributed by atoms with E-state index in [-0.39, 0.29) is 17.2 Å². The molecule has 0 spiro atoms. The highest BCUT2D eigenvalue weighted by molar-refractivity contribution is 5.85. The Kier molecular flexibility index (Phi) is 2.03. The lowest BCUT2D eigenvalue weighted by molar-refractivity contribution is 0.480. The molecule has 0 atom stereocenters. The maximum Gasteiger partial charge on any atom is 0.253 e. The molecule has 0 radical (unpaired) electrons. The number of nitrogens with zero attached hydrogens (tertiary/aromatic N) is 2. The topological polar surface area (TPSA) is 70.9 Å². The lowest BCUT2D eigenvalue weighted by atomic mass is 10.1. The van der Waals surface area contributed by atoms with Gasteiger partial charge in [0.15, 0.2) is 0 Å². The van der Waals surface area contributed by atoms with Crippen LogP contribution < -0.4 is 5.56 Å². The van der Waals surface area contributed by atoms with Crippen molar-refractivity contribution in [1.82, 2.24) is 14.8 Å². The summed E-state index contributed by atoms with van der Waals surface area (Å²) < 4.78 is 1.58. The molecule has 2 rings (SSSR count). The molecule has 0 amide bonds. The van der Waals surface area contributed by atoms with Crippen molar-refractivity contribution in [2.24, 2.45) is 7.05 Å². The van der Waals surface area contributed by atoms with Crippen molar-refractivity contribution in [3.05, 3.63) is 22.1 Å². The zero-order valence-electron chi connectivity index (χ0n) is 8.90. The summed E-state index contributed by atoms with van der Waals surface area (Å²) in [6.07, 6.45) is 0. The first-order valence-electron chi connectivity index (χ1n) is 4.79. The Hall–Kier alpha value is -1.78. The first-order valence-corrected chi connectivity index (χ1v) is 4.79. The first-order chi connectivity index (χ1) is 7.00. The van der Waals surface area contributed by atoms with Gasteiger partial charge in [0.1, 0.15) is 11.4 Å². The second-order valence-corrected chi connectivity index (χ2v) is 3.91. The van der Waals surface area contributed by atoms with Gasteiger partial charge in [-0.15, -0.1) is 0 Å². The molecule has 0 aliphatic heterocycles. The van der Waals surface area contributed by atoms with Crippen LogP contribution in [-0.2, 0) is 7.05 Å². The van der Waals surface area contributed by atoms with E-state index in [1.54, 1.807) is 11.7 Å². The summed E-state index contributed by atoms with van der Waals surface area (Å²) in [6, 6.07) is 1.18. The van der Waals surface area contributed by atoms with Crippen molar-refractivity contribution >= 4 is 11.0 Å². The average Bonchev–Trinajstić information content (AvgIpc) is 2.44. The van der Waals surface area contributed by atoms with E-state index in [0.29, 0.717) is 11.0 Å². The molecule has 0 saturated heterocycles. The molecule has 0 aromatic carbocycles. The number of nitrogens with one attached hydrogen (secondary N) is 1. The summed E-state index contributed by atoms with van der Waals surface area (Å²) >= 11 is 0. The largest absolute Gasteiger partial charge is 0.507 e. The second kappa shape index (κ2) is 3.12. The monoisotopic (exact) mass is 207 g/mol. The van der Waals surface area contributed by atoms with Crippen molar-refractivity contribution in [2.45, 2.75) is 19.8 Å². The molecule has 0 fully saturated rings. The Bertz CT molecular complexity index is 566. The Morgan fingerprint density at radius 2 is 2.20 bits per heavy atom. The molecule has 0 bridgehead atoms. The van der Waals surface area contributed by atoms with Gasteiger partial charge >= 0.3 is 0 Å². The van der Waals surface area contributed by atoms with Crippen LogP contribution in [0.4, 0.5) is 0 Å². The molecule has 2 heterocycles. The van der Waals surface area contributed by atoms with Crippen LogP contribution in [0, 0.1) is 0 Å². The van der Waals surface area contributed by atoms with Crippen LogP contribution in [0.2, 0.25) is 0 Å². The van der Waals surface area contributed by atoms with Gasteiger partial charge in [-0.05, 0) is 5.92 Å². The molecule has 5 heteroatoms. The minimum absolute atomic E-state index is 0.00875. The van der Waals surface area contributed by atoms with Gasteiger partial charge < -0.3 is 10.1 Å². The molecule has 2 N–H and O–H groups in total.